The van der Waals surface area contributed by atoms with Crippen LogP contribution in [-0.2, 0) is 4.74 Å². The van der Waals surface area contributed by atoms with Crippen molar-refractivity contribution < 1.29 is 14.6 Å². The number of morpholine rings is 1. The summed E-state index contributed by atoms with van der Waals surface area (Å²) in [6.07, 6.45) is 2.26. The summed E-state index contributed by atoms with van der Waals surface area (Å²) in [5, 5.41) is 19.6. The number of hydrogen-bond acceptors (Lipinski definition) is 5. The van der Waals surface area contributed by atoms with E-state index < -0.39 is 5.97 Å². The Morgan fingerprint density at radius 3 is 3.33 bits per heavy atom. The molecule has 0 aliphatic carbocycles. The molecule has 84 valence electrons. The van der Waals surface area contributed by atoms with Gasteiger partial charge in [-0.1, -0.05) is 6.92 Å². The Labute approximate surface area is 87.6 Å². The van der Waals surface area contributed by atoms with E-state index in [4.69, 9.17) is 9.47 Å². The third-order valence-corrected chi connectivity index (χ3v) is 2.38. The molecule has 15 heavy (non-hydrogen) atoms. The molecule has 0 saturated carbocycles. The second-order valence-electron chi connectivity index (χ2n) is 3.42. The lowest BCUT2D eigenvalue weighted by atomic mass is 10.1. The molecule has 3 N–H and O–H groups in total. The van der Waals surface area contributed by atoms with Crippen molar-refractivity contribution in [2.75, 3.05) is 13.2 Å². The number of nitrogens with zero attached hydrogens (tertiary/aromatic N) is 1. The van der Waals surface area contributed by atoms with Gasteiger partial charge < -0.3 is 19.9 Å². The van der Waals surface area contributed by atoms with Gasteiger partial charge in [-0.15, -0.1) is 0 Å². The number of H-pyrrole nitrogens is 1. The van der Waals surface area contributed by atoms with E-state index in [0.29, 0.717) is 25.5 Å². The SMILES string of the molecule is CCC1NCCOC1(O)Oc1ccn[nH]1. The molecule has 0 radical (unpaired) electrons. The first kappa shape index (κ1) is 10.4. The smallest absolute Gasteiger partial charge is 0.342 e. The van der Waals surface area contributed by atoms with Crippen molar-refractivity contribution >= 4 is 0 Å². The summed E-state index contributed by atoms with van der Waals surface area (Å²) in [5.74, 6) is -1.22. The summed E-state index contributed by atoms with van der Waals surface area (Å²) < 4.78 is 10.6. The van der Waals surface area contributed by atoms with E-state index in [9.17, 15) is 5.11 Å². The highest BCUT2D eigenvalue weighted by Crippen LogP contribution is 2.22. The van der Waals surface area contributed by atoms with Gasteiger partial charge in [-0.3, -0.25) is 0 Å². The van der Waals surface area contributed by atoms with Gasteiger partial charge in [-0.25, -0.2) is 5.10 Å². The number of hydrogen-bond donors (Lipinski definition) is 3. The molecule has 1 saturated heterocycles. The van der Waals surface area contributed by atoms with E-state index in [1.54, 1.807) is 12.3 Å². The van der Waals surface area contributed by atoms with E-state index in [1.807, 2.05) is 6.92 Å². The summed E-state index contributed by atoms with van der Waals surface area (Å²) in [6.45, 7) is 3.09. The first-order chi connectivity index (χ1) is 7.24. The van der Waals surface area contributed by atoms with Crippen LogP contribution in [0.3, 0.4) is 0 Å². The minimum absolute atomic E-state index is 0.241. The molecule has 0 bridgehead atoms. The maximum atomic E-state index is 10.1. The molecule has 1 aliphatic rings. The highest BCUT2D eigenvalue weighted by molar-refractivity contribution is 5.05. The molecule has 1 aromatic rings. The molecule has 6 heteroatoms. The molecule has 2 atom stereocenters. The average Bonchev–Trinajstić information content (AvgIpc) is 2.70. The van der Waals surface area contributed by atoms with Crippen LogP contribution in [0.1, 0.15) is 13.3 Å². The normalized spacial score (nSPS) is 31.5. The lowest BCUT2D eigenvalue weighted by Crippen LogP contribution is -2.61. The number of ether oxygens (including phenoxy) is 2. The van der Waals surface area contributed by atoms with Crippen LogP contribution < -0.4 is 10.1 Å². The van der Waals surface area contributed by atoms with Gasteiger partial charge >= 0.3 is 5.97 Å². The van der Waals surface area contributed by atoms with Crippen molar-refractivity contribution in [3.63, 3.8) is 0 Å². The van der Waals surface area contributed by atoms with Gasteiger partial charge in [0.15, 0.2) is 0 Å². The zero-order valence-electron chi connectivity index (χ0n) is 8.56. The molecule has 0 spiro atoms. The van der Waals surface area contributed by atoms with Crippen LogP contribution in [0.4, 0.5) is 0 Å². The maximum Gasteiger partial charge on any atom is 0.342 e. The number of aromatic amines is 1. The Bertz CT molecular complexity index is 304. The number of rotatable bonds is 3. The molecular weight excluding hydrogens is 198 g/mol. The summed E-state index contributed by atoms with van der Waals surface area (Å²) >= 11 is 0. The molecular formula is C9H15N3O3. The van der Waals surface area contributed by atoms with Gasteiger partial charge in [0.1, 0.15) is 6.04 Å². The number of aliphatic hydroxyl groups is 1. The van der Waals surface area contributed by atoms with E-state index >= 15 is 0 Å². The Morgan fingerprint density at radius 2 is 2.67 bits per heavy atom. The predicted molar refractivity (Wildman–Crippen MR) is 52.2 cm³/mol. The summed E-state index contributed by atoms with van der Waals surface area (Å²) in [6, 6.07) is 1.39. The Hall–Kier alpha value is -1.11. The molecule has 0 amide bonds. The third-order valence-electron chi connectivity index (χ3n) is 2.38. The van der Waals surface area contributed by atoms with Gasteiger partial charge in [-0.2, -0.15) is 5.10 Å². The van der Waals surface area contributed by atoms with Crippen LogP contribution in [0, 0.1) is 0 Å². The van der Waals surface area contributed by atoms with Crippen molar-refractivity contribution in [3.8, 4) is 5.88 Å². The van der Waals surface area contributed by atoms with Gasteiger partial charge in [0.25, 0.3) is 0 Å². The summed E-state index contributed by atoms with van der Waals surface area (Å²) in [5.41, 5.74) is 0. The zero-order chi connectivity index (χ0) is 10.7. The van der Waals surface area contributed by atoms with Crippen LogP contribution in [0.25, 0.3) is 0 Å². The fourth-order valence-corrected chi connectivity index (χ4v) is 1.62. The van der Waals surface area contributed by atoms with Crippen LogP contribution in [0.5, 0.6) is 5.88 Å². The molecule has 6 nitrogen and oxygen atoms in total. The Kier molecular flexibility index (Phi) is 2.90. The van der Waals surface area contributed by atoms with Crippen LogP contribution >= 0.6 is 0 Å². The molecule has 1 aromatic heterocycles. The molecule has 1 fully saturated rings. The van der Waals surface area contributed by atoms with E-state index in [1.165, 1.54) is 0 Å². The van der Waals surface area contributed by atoms with Gasteiger partial charge in [0.05, 0.1) is 12.8 Å². The monoisotopic (exact) mass is 213 g/mol. The lowest BCUT2D eigenvalue weighted by molar-refractivity contribution is -0.347. The third kappa shape index (κ3) is 2.11. The second-order valence-corrected chi connectivity index (χ2v) is 3.42. The van der Waals surface area contributed by atoms with E-state index in [2.05, 4.69) is 15.5 Å². The molecule has 2 rings (SSSR count). The van der Waals surface area contributed by atoms with Crippen molar-refractivity contribution in [2.24, 2.45) is 0 Å². The lowest BCUT2D eigenvalue weighted by Gasteiger charge is -2.38. The quantitative estimate of drug-likeness (QED) is 0.608. The molecule has 1 aliphatic heterocycles. The predicted octanol–water partition coefficient (Wildman–Crippen LogP) is -0.167. The largest absolute Gasteiger partial charge is 0.421 e. The molecule has 2 heterocycles. The highest BCUT2D eigenvalue weighted by atomic mass is 16.8. The molecule has 2 unspecified atom stereocenters. The zero-order valence-corrected chi connectivity index (χ0v) is 8.56. The van der Waals surface area contributed by atoms with E-state index in [-0.39, 0.29) is 6.04 Å². The highest BCUT2D eigenvalue weighted by Gasteiger charge is 2.42. The summed E-state index contributed by atoms with van der Waals surface area (Å²) in [7, 11) is 0. The minimum atomic E-state index is -1.61. The van der Waals surface area contributed by atoms with Gasteiger partial charge in [0.2, 0.25) is 5.88 Å². The van der Waals surface area contributed by atoms with Gasteiger partial charge in [0, 0.05) is 12.6 Å². The molecule has 0 aromatic carbocycles. The van der Waals surface area contributed by atoms with Crippen LogP contribution in [0.15, 0.2) is 12.3 Å². The Balaban J connectivity index is 2.09. The van der Waals surface area contributed by atoms with Crippen molar-refractivity contribution in [1.29, 1.82) is 0 Å². The van der Waals surface area contributed by atoms with Crippen LogP contribution in [0.2, 0.25) is 0 Å². The fourth-order valence-electron chi connectivity index (χ4n) is 1.62. The average molecular weight is 213 g/mol. The van der Waals surface area contributed by atoms with Crippen molar-refractivity contribution in [3.05, 3.63) is 12.3 Å². The topological polar surface area (TPSA) is 79.4 Å². The van der Waals surface area contributed by atoms with Crippen molar-refractivity contribution in [1.82, 2.24) is 15.5 Å². The van der Waals surface area contributed by atoms with E-state index in [0.717, 1.165) is 0 Å². The first-order valence-electron chi connectivity index (χ1n) is 5.02. The fraction of sp³-hybridized carbons (Fsp3) is 0.667. The summed E-state index contributed by atoms with van der Waals surface area (Å²) in [4.78, 5) is 0. The van der Waals surface area contributed by atoms with Gasteiger partial charge in [-0.05, 0) is 6.42 Å². The number of nitrogens with one attached hydrogen (secondary N) is 2. The Morgan fingerprint density at radius 1 is 1.80 bits per heavy atom. The van der Waals surface area contributed by atoms with Crippen LogP contribution in [-0.4, -0.2) is 40.5 Å². The number of aromatic nitrogens is 2. The first-order valence-corrected chi connectivity index (χ1v) is 5.02. The standard InChI is InChI=1S/C9H15N3O3/c1-2-7-9(13,14-6-5-10-7)15-8-3-4-11-12-8/h3-4,7,10,13H,2,5-6H2,1H3,(H,11,12). The maximum absolute atomic E-state index is 10.1. The van der Waals surface area contributed by atoms with Crippen molar-refractivity contribution in [2.45, 2.75) is 25.4 Å². The second kappa shape index (κ2) is 4.18. The minimum Gasteiger partial charge on any atom is -0.421 e.